The summed E-state index contributed by atoms with van der Waals surface area (Å²) >= 11 is 0. The van der Waals surface area contributed by atoms with Crippen LogP contribution in [0.1, 0.15) is 40.0 Å². The molecule has 1 N–H and O–H groups in total. The standard InChI is InChI=1S/C9H18N2O/c1-9(2,3)11-7-5-4-6-8(11)10-12/h12H,4-7H2,1-3H3. The van der Waals surface area contributed by atoms with Gasteiger partial charge in [-0.1, -0.05) is 5.16 Å². The number of hydrogen-bond acceptors (Lipinski definition) is 2. The molecule has 0 aromatic heterocycles. The number of oxime groups is 1. The topological polar surface area (TPSA) is 35.8 Å². The Bertz CT molecular complexity index is 181. The molecular formula is C9H18N2O. The molecular weight excluding hydrogens is 152 g/mol. The van der Waals surface area contributed by atoms with Crippen LogP contribution in [0.25, 0.3) is 0 Å². The Kier molecular flexibility index (Phi) is 2.60. The molecule has 1 saturated heterocycles. The molecule has 0 aromatic carbocycles. The zero-order valence-corrected chi connectivity index (χ0v) is 8.17. The first-order valence-corrected chi connectivity index (χ1v) is 4.54. The molecule has 0 aromatic rings. The maximum absolute atomic E-state index is 8.77. The van der Waals surface area contributed by atoms with E-state index in [1.807, 2.05) is 0 Å². The average Bonchev–Trinajstić information content (AvgIpc) is 2.03. The van der Waals surface area contributed by atoms with Crippen molar-refractivity contribution >= 4 is 5.84 Å². The minimum absolute atomic E-state index is 0.0853. The van der Waals surface area contributed by atoms with Crippen LogP contribution in [-0.4, -0.2) is 28.0 Å². The molecule has 0 unspecified atom stereocenters. The summed E-state index contributed by atoms with van der Waals surface area (Å²) in [6.45, 7) is 7.44. The van der Waals surface area contributed by atoms with E-state index in [0.717, 1.165) is 25.2 Å². The number of amidine groups is 1. The number of hydrogen-bond donors (Lipinski definition) is 1. The molecule has 1 heterocycles. The lowest BCUT2D eigenvalue weighted by atomic mass is 10.0. The molecule has 0 bridgehead atoms. The number of nitrogens with zero attached hydrogens (tertiary/aromatic N) is 2. The van der Waals surface area contributed by atoms with Crippen LogP contribution in [-0.2, 0) is 0 Å². The number of likely N-dealkylation sites (tertiary alicyclic amines) is 1. The van der Waals surface area contributed by atoms with Crippen molar-refractivity contribution in [2.75, 3.05) is 6.54 Å². The molecule has 1 rings (SSSR count). The van der Waals surface area contributed by atoms with Crippen LogP contribution >= 0.6 is 0 Å². The van der Waals surface area contributed by atoms with Crippen molar-refractivity contribution in [2.45, 2.75) is 45.6 Å². The highest BCUT2D eigenvalue weighted by Gasteiger charge is 2.26. The molecule has 3 nitrogen and oxygen atoms in total. The Morgan fingerprint density at radius 1 is 1.33 bits per heavy atom. The minimum Gasteiger partial charge on any atom is -0.409 e. The zero-order chi connectivity index (χ0) is 9.19. The van der Waals surface area contributed by atoms with Crippen LogP contribution in [0.5, 0.6) is 0 Å². The Morgan fingerprint density at radius 2 is 2.00 bits per heavy atom. The molecule has 0 aliphatic carbocycles. The van der Waals surface area contributed by atoms with E-state index in [1.165, 1.54) is 6.42 Å². The Balaban J connectivity index is 2.73. The van der Waals surface area contributed by atoms with Crippen molar-refractivity contribution in [3.8, 4) is 0 Å². The van der Waals surface area contributed by atoms with E-state index in [9.17, 15) is 0 Å². The quantitative estimate of drug-likeness (QED) is 0.446. The van der Waals surface area contributed by atoms with Crippen LogP contribution in [0.2, 0.25) is 0 Å². The fourth-order valence-electron chi connectivity index (χ4n) is 1.64. The third kappa shape index (κ3) is 1.90. The van der Waals surface area contributed by atoms with E-state index in [2.05, 4.69) is 30.8 Å². The predicted molar refractivity (Wildman–Crippen MR) is 49.5 cm³/mol. The average molecular weight is 170 g/mol. The van der Waals surface area contributed by atoms with Gasteiger partial charge in [0, 0.05) is 18.5 Å². The smallest absolute Gasteiger partial charge is 0.144 e. The zero-order valence-electron chi connectivity index (χ0n) is 8.17. The van der Waals surface area contributed by atoms with Gasteiger partial charge in [-0.25, -0.2) is 0 Å². The summed E-state index contributed by atoms with van der Waals surface area (Å²) in [5, 5.41) is 12.1. The molecule has 0 atom stereocenters. The minimum atomic E-state index is 0.0853. The van der Waals surface area contributed by atoms with Gasteiger partial charge in [0.15, 0.2) is 0 Å². The second kappa shape index (κ2) is 3.33. The largest absolute Gasteiger partial charge is 0.409 e. The summed E-state index contributed by atoms with van der Waals surface area (Å²) < 4.78 is 0. The van der Waals surface area contributed by atoms with E-state index in [0.29, 0.717) is 0 Å². The number of rotatable bonds is 0. The van der Waals surface area contributed by atoms with E-state index in [-0.39, 0.29) is 5.54 Å². The van der Waals surface area contributed by atoms with Gasteiger partial charge in [-0.05, 0) is 33.6 Å². The van der Waals surface area contributed by atoms with Gasteiger partial charge in [0.1, 0.15) is 5.84 Å². The van der Waals surface area contributed by atoms with Gasteiger partial charge < -0.3 is 10.1 Å². The van der Waals surface area contributed by atoms with Crippen molar-refractivity contribution in [3.63, 3.8) is 0 Å². The molecule has 3 heteroatoms. The molecule has 12 heavy (non-hydrogen) atoms. The highest BCUT2D eigenvalue weighted by molar-refractivity contribution is 5.82. The van der Waals surface area contributed by atoms with Crippen molar-refractivity contribution in [1.29, 1.82) is 0 Å². The van der Waals surface area contributed by atoms with Gasteiger partial charge in [-0.15, -0.1) is 0 Å². The Hall–Kier alpha value is -0.730. The van der Waals surface area contributed by atoms with Gasteiger partial charge in [0.2, 0.25) is 0 Å². The highest BCUT2D eigenvalue weighted by Crippen LogP contribution is 2.21. The van der Waals surface area contributed by atoms with Gasteiger partial charge in [-0.3, -0.25) is 0 Å². The lowest BCUT2D eigenvalue weighted by molar-refractivity contribution is 0.198. The van der Waals surface area contributed by atoms with Crippen molar-refractivity contribution in [2.24, 2.45) is 5.16 Å². The van der Waals surface area contributed by atoms with Crippen molar-refractivity contribution in [3.05, 3.63) is 0 Å². The molecule has 0 saturated carbocycles. The maximum Gasteiger partial charge on any atom is 0.144 e. The molecule has 0 amide bonds. The number of piperidine rings is 1. The fraction of sp³-hybridized carbons (Fsp3) is 0.889. The Morgan fingerprint density at radius 3 is 2.42 bits per heavy atom. The van der Waals surface area contributed by atoms with Crippen LogP contribution in [0.4, 0.5) is 0 Å². The van der Waals surface area contributed by atoms with Crippen molar-refractivity contribution in [1.82, 2.24) is 4.90 Å². The highest BCUT2D eigenvalue weighted by atomic mass is 16.4. The summed E-state index contributed by atoms with van der Waals surface area (Å²) in [4.78, 5) is 2.18. The first-order chi connectivity index (χ1) is 5.55. The van der Waals surface area contributed by atoms with Gasteiger partial charge in [-0.2, -0.15) is 0 Å². The third-order valence-corrected chi connectivity index (χ3v) is 2.27. The molecule has 0 radical (unpaired) electrons. The summed E-state index contributed by atoms with van der Waals surface area (Å²) in [5.74, 6) is 0.841. The second-order valence-electron chi connectivity index (χ2n) is 4.30. The lowest BCUT2D eigenvalue weighted by Gasteiger charge is -2.40. The van der Waals surface area contributed by atoms with Crippen LogP contribution in [0.3, 0.4) is 0 Å². The second-order valence-corrected chi connectivity index (χ2v) is 4.30. The van der Waals surface area contributed by atoms with E-state index in [1.54, 1.807) is 0 Å². The molecule has 0 spiro atoms. The lowest BCUT2D eigenvalue weighted by Crippen LogP contribution is -2.48. The molecule has 1 aliphatic heterocycles. The monoisotopic (exact) mass is 170 g/mol. The molecule has 1 fully saturated rings. The van der Waals surface area contributed by atoms with Gasteiger partial charge >= 0.3 is 0 Å². The molecule has 70 valence electrons. The summed E-state index contributed by atoms with van der Waals surface area (Å²) in [6.07, 6.45) is 3.26. The SMILES string of the molecule is CC(C)(C)N1CCCCC1=NO. The predicted octanol–water partition coefficient (Wildman–Crippen LogP) is 2.06. The van der Waals surface area contributed by atoms with E-state index < -0.39 is 0 Å². The van der Waals surface area contributed by atoms with Crippen molar-refractivity contribution < 1.29 is 5.21 Å². The van der Waals surface area contributed by atoms with Crippen LogP contribution in [0, 0.1) is 0 Å². The molecule has 1 aliphatic rings. The summed E-state index contributed by atoms with van der Waals surface area (Å²) in [6, 6.07) is 0. The van der Waals surface area contributed by atoms with Crippen LogP contribution < -0.4 is 0 Å². The van der Waals surface area contributed by atoms with E-state index in [4.69, 9.17) is 5.21 Å². The summed E-state index contributed by atoms with van der Waals surface area (Å²) in [7, 11) is 0. The van der Waals surface area contributed by atoms with Gasteiger partial charge in [0.25, 0.3) is 0 Å². The first kappa shape index (κ1) is 9.36. The van der Waals surface area contributed by atoms with Gasteiger partial charge in [0.05, 0.1) is 0 Å². The van der Waals surface area contributed by atoms with Crippen LogP contribution in [0.15, 0.2) is 5.16 Å². The van der Waals surface area contributed by atoms with E-state index >= 15 is 0 Å². The normalized spacial score (nSPS) is 23.2. The fourth-order valence-corrected chi connectivity index (χ4v) is 1.64. The maximum atomic E-state index is 8.77. The third-order valence-electron chi connectivity index (χ3n) is 2.27. The summed E-state index contributed by atoms with van der Waals surface area (Å²) in [5.41, 5.74) is 0.0853. The first-order valence-electron chi connectivity index (χ1n) is 4.54. The Labute approximate surface area is 74.1 Å².